The van der Waals surface area contributed by atoms with Gasteiger partial charge in [-0.25, -0.2) is 5.10 Å². The van der Waals surface area contributed by atoms with Crippen LogP contribution in [0.4, 0.5) is 5.69 Å². The monoisotopic (exact) mass is 411 g/mol. The summed E-state index contributed by atoms with van der Waals surface area (Å²) < 4.78 is 12.3. The van der Waals surface area contributed by atoms with Gasteiger partial charge in [0.05, 0.1) is 24.7 Å². The summed E-state index contributed by atoms with van der Waals surface area (Å²) in [5.74, 6) is 1.62. The highest BCUT2D eigenvalue weighted by atomic mass is 32.1. The molecule has 0 spiro atoms. The lowest BCUT2D eigenvalue weighted by Crippen LogP contribution is -1.96. The second-order valence-corrected chi connectivity index (χ2v) is 6.06. The summed E-state index contributed by atoms with van der Waals surface area (Å²) in [5.41, 5.74) is 1.21. The molecule has 0 unspecified atom stereocenters. The van der Waals surface area contributed by atoms with E-state index in [1.165, 1.54) is 17.0 Å². The van der Waals surface area contributed by atoms with Gasteiger partial charge >= 0.3 is 0 Å². The van der Waals surface area contributed by atoms with Gasteiger partial charge in [-0.05, 0) is 48.6 Å². The highest BCUT2D eigenvalue weighted by molar-refractivity contribution is 7.71. The molecule has 0 bridgehead atoms. The molecule has 0 atom stereocenters. The van der Waals surface area contributed by atoms with Crippen molar-refractivity contribution < 1.29 is 14.4 Å². The van der Waals surface area contributed by atoms with E-state index in [2.05, 4.69) is 15.3 Å². The molecule has 148 valence electrons. The number of nitrogens with one attached hydrogen (secondary N) is 1. The number of nitro groups is 1. The number of ether oxygens (including phenoxy) is 2. The Labute approximate surface area is 171 Å². The predicted molar refractivity (Wildman–Crippen MR) is 112 cm³/mol. The smallest absolute Gasteiger partial charge is 0.276 e. The molecule has 3 rings (SSSR count). The molecule has 1 N–H and O–H groups in total. The van der Waals surface area contributed by atoms with Gasteiger partial charge in [0.2, 0.25) is 4.77 Å². The third-order valence-corrected chi connectivity index (χ3v) is 4.23. The third-order valence-electron chi connectivity index (χ3n) is 3.97. The summed E-state index contributed by atoms with van der Waals surface area (Å²) >= 11 is 5.24. The van der Waals surface area contributed by atoms with E-state index in [1.807, 2.05) is 6.07 Å². The fraction of sp³-hybridized carbons (Fsp3) is 0.105. The summed E-state index contributed by atoms with van der Waals surface area (Å²) in [6.07, 6.45) is 4.67. The first-order valence-electron chi connectivity index (χ1n) is 8.39. The number of hydrogen-bond donors (Lipinski definition) is 1. The van der Waals surface area contributed by atoms with E-state index in [4.69, 9.17) is 21.7 Å². The second kappa shape index (κ2) is 8.93. The molecule has 0 aliphatic heterocycles. The molecule has 0 aliphatic carbocycles. The standard InChI is InChI=1S/C19H17N5O4S/c1-27-16-10-9-14(12-17(16)28-2)18-21-22-19(29)23(18)20-11-5-7-13-6-3-4-8-15(13)24(25)26/h3-12H,1-2H3,(H,22,29). The second-order valence-electron chi connectivity index (χ2n) is 5.67. The van der Waals surface area contributed by atoms with Crippen LogP contribution in [0.5, 0.6) is 11.5 Å². The number of rotatable bonds is 7. The number of nitro benzene ring substituents is 1. The van der Waals surface area contributed by atoms with Gasteiger partial charge in [0.1, 0.15) is 0 Å². The van der Waals surface area contributed by atoms with E-state index >= 15 is 0 Å². The van der Waals surface area contributed by atoms with Crippen molar-refractivity contribution in [2.45, 2.75) is 0 Å². The van der Waals surface area contributed by atoms with Crippen LogP contribution in [0.3, 0.4) is 0 Å². The zero-order valence-electron chi connectivity index (χ0n) is 15.6. The van der Waals surface area contributed by atoms with E-state index in [0.29, 0.717) is 27.7 Å². The van der Waals surface area contributed by atoms with Gasteiger partial charge in [0, 0.05) is 17.8 Å². The molecule has 0 saturated carbocycles. The minimum atomic E-state index is -0.432. The van der Waals surface area contributed by atoms with Gasteiger partial charge in [0.15, 0.2) is 17.3 Å². The topological polar surface area (TPSA) is 108 Å². The maximum absolute atomic E-state index is 11.1. The number of aromatic nitrogens is 3. The molecular formula is C19H17N5O4S. The first kappa shape index (κ1) is 20.0. The SMILES string of the molecule is COc1ccc(-c2n[nH]c(=S)n2N=CC=Cc2ccccc2[N+](=O)[O-])cc1OC. The summed E-state index contributed by atoms with van der Waals surface area (Å²) in [6, 6.07) is 11.8. The summed E-state index contributed by atoms with van der Waals surface area (Å²) in [6.45, 7) is 0. The minimum Gasteiger partial charge on any atom is -0.493 e. The lowest BCUT2D eigenvalue weighted by molar-refractivity contribution is -0.385. The van der Waals surface area contributed by atoms with Gasteiger partial charge in [-0.2, -0.15) is 14.9 Å². The van der Waals surface area contributed by atoms with Crippen molar-refractivity contribution in [1.29, 1.82) is 0 Å². The molecule has 1 heterocycles. The molecule has 0 aliphatic rings. The van der Waals surface area contributed by atoms with Crippen molar-refractivity contribution in [3.05, 3.63) is 69.0 Å². The van der Waals surface area contributed by atoms with Crippen molar-refractivity contribution in [2.24, 2.45) is 5.10 Å². The van der Waals surface area contributed by atoms with Crippen LogP contribution in [0.1, 0.15) is 5.56 Å². The Kier molecular flexibility index (Phi) is 6.15. The maximum Gasteiger partial charge on any atom is 0.276 e. The molecule has 0 fully saturated rings. The van der Waals surface area contributed by atoms with Gasteiger partial charge in [0.25, 0.3) is 5.69 Å². The number of para-hydroxylation sites is 1. The Morgan fingerprint density at radius 1 is 1.21 bits per heavy atom. The van der Waals surface area contributed by atoms with Crippen LogP contribution in [0.2, 0.25) is 0 Å². The molecule has 3 aromatic rings. The Balaban J connectivity index is 1.90. The number of nitrogens with zero attached hydrogens (tertiary/aromatic N) is 4. The van der Waals surface area contributed by atoms with Gasteiger partial charge in [-0.1, -0.05) is 12.1 Å². The van der Waals surface area contributed by atoms with Crippen LogP contribution >= 0.6 is 12.2 Å². The molecular weight excluding hydrogens is 394 g/mol. The Morgan fingerprint density at radius 2 is 1.97 bits per heavy atom. The third kappa shape index (κ3) is 4.38. The summed E-state index contributed by atoms with van der Waals surface area (Å²) in [7, 11) is 3.10. The van der Waals surface area contributed by atoms with Crippen molar-refractivity contribution in [2.75, 3.05) is 14.2 Å². The minimum absolute atomic E-state index is 0.0167. The number of H-pyrrole nitrogens is 1. The molecule has 2 aromatic carbocycles. The van der Waals surface area contributed by atoms with Crippen LogP contribution in [0, 0.1) is 14.9 Å². The Hall–Kier alpha value is -3.79. The Bertz CT molecular complexity index is 1150. The fourth-order valence-corrected chi connectivity index (χ4v) is 2.79. The predicted octanol–water partition coefficient (Wildman–Crippen LogP) is 4.08. The van der Waals surface area contributed by atoms with Gasteiger partial charge in [-0.3, -0.25) is 10.1 Å². The van der Waals surface area contributed by atoms with Crippen LogP contribution in [-0.2, 0) is 0 Å². The average molecular weight is 411 g/mol. The van der Waals surface area contributed by atoms with Crippen molar-refractivity contribution >= 4 is 30.2 Å². The first-order chi connectivity index (χ1) is 14.0. The normalized spacial score (nSPS) is 11.2. The molecule has 10 heteroatoms. The molecule has 0 radical (unpaired) electrons. The molecule has 9 nitrogen and oxygen atoms in total. The van der Waals surface area contributed by atoms with Crippen molar-refractivity contribution in [3.8, 4) is 22.9 Å². The molecule has 0 saturated heterocycles. The number of hydrogen-bond acceptors (Lipinski definition) is 7. The highest BCUT2D eigenvalue weighted by Crippen LogP contribution is 2.31. The number of aromatic amines is 1. The fourth-order valence-electron chi connectivity index (χ4n) is 2.61. The molecule has 0 amide bonds. The first-order valence-corrected chi connectivity index (χ1v) is 8.80. The van der Waals surface area contributed by atoms with Gasteiger partial charge < -0.3 is 9.47 Å². The zero-order valence-corrected chi connectivity index (χ0v) is 16.4. The summed E-state index contributed by atoms with van der Waals surface area (Å²) in [4.78, 5) is 10.6. The highest BCUT2D eigenvalue weighted by Gasteiger charge is 2.12. The van der Waals surface area contributed by atoms with E-state index in [9.17, 15) is 10.1 Å². The number of benzene rings is 2. The maximum atomic E-state index is 11.1. The van der Waals surface area contributed by atoms with Crippen LogP contribution in [0.15, 0.2) is 53.6 Å². The van der Waals surface area contributed by atoms with E-state index < -0.39 is 4.92 Å². The van der Waals surface area contributed by atoms with Crippen LogP contribution in [-0.4, -0.2) is 40.2 Å². The van der Waals surface area contributed by atoms with Gasteiger partial charge in [-0.15, -0.1) is 0 Å². The van der Waals surface area contributed by atoms with E-state index in [1.54, 1.807) is 56.7 Å². The molecule has 29 heavy (non-hydrogen) atoms. The van der Waals surface area contributed by atoms with Crippen LogP contribution in [0.25, 0.3) is 17.5 Å². The lowest BCUT2D eigenvalue weighted by Gasteiger charge is -2.08. The summed E-state index contributed by atoms with van der Waals surface area (Å²) in [5, 5.41) is 22.3. The lowest BCUT2D eigenvalue weighted by atomic mass is 10.1. The van der Waals surface area contributed by atoms with E-state index in [-0.39, 0.29) is 5.69 Å². The van der Waals surface area contributed by atoms with E-state index in [0.717, 1.165) is 5.56 Å². The number of methoxy groups -OCH3 is 2. The van der Waals surface area contributed by atoms with Crippen molar-refractivity contribution in [3.63, 3.8) is 0 Å². The Morgan fingerprint density at radius 3 is 2.69 bits per heavy atom. The van der Waals surface area contributed by atoms with Crippen LogP contribution < -0.4 is 9.47 Å². The quantitative estimate of drug-likeness (QED) is 0.272. The average Bonchev–Trinajstić information content (AvgIpc) is 3.11. The largest absolute Gasteiger partial charge is 0.493 e. The number of allylic oxidation sites excluding steroid dienone is 1. The van der Waals surface area contributed by atoms with Crippen molar-refractivity contribution in [1.82, 2.24) is 14.9 Å². The molecule has 1 aromatic heterocycles. The zero-order chi connectivity index (χ0) is 20.8.